The summed E-state index contributed by atoms with van der Waals surface area (Å²) in [6, 6.07) is 12.8. The van der Waals surface area contributed by atoms with Crippen molar-refractivity contribution in [1.29, 1.82) is 0 Å². The van der Waals surface area contributed by atoms with Gasteiger partial charge in [-0.3, -0.25) is 4.98 Å². The Kier molecular flexibility index (Phi) is 9.01. The topological polar surface area (TPSA) is 34.1 Å². The van der Waals surface area contributed by atoms with E-state index in [1.165, 1.54) is 61.8 Å². The third-order valence-corrected chi connectivity index (χ3v) is 6.25. The molecule has 1 aliphatic carbocycles. The summed E-state index contributed by atoms with van der Waals surface area (Å²) >= 11 is 0. The molecule has 157 valence electrons. The lowest BCUT2D eigenvalue weighted by Gasteiger charge is -2.31. The summed E-state index contributed by atoms with van der Waals surface area (Å²) in [5.41, 5.74) is 4.19. The average molecular weight is 394 g/mol. The van der Waals surface area contributed by atoms with Crippen LogP contribution in [-0.2, 0) is 6.42 Å². The molecule has 1 unspecified atom stereocenters. The number of hydrogen-bond acceptors (Lipinski definition) is 3. The monoisotopic (exact) mass is 393 g/mol. The van der Waals surface area contributed by atoms with Gasteiger partial charge < -0.3 is 10.1 Å². The molecule has 0 fully saturated rings. The zero-order valence-electron chi connectivity index (χ0n) is 18.0. The molecule has 0 saturated carbocycles. The second-order valence-electron chi connectivity index (χ2n) is 8.27. The second-order valence-corrected chi connectivity index (χ2v) is 8.27. The molecule has 0 amide bonds. The molecule has 2 aromatic rings. The molecule has 2 atom stereocenters. The van der Waals surface area contributed by atoms with Gasteiger partial charge in [0.1, 0.15) is 5.75 Å². The molecular formula is C26H37N2O. The summed E-state index contributed by atoms with van der Waals surface area (Å²) in [5, 5.41) is 3.54. The van der Waals surface area contributed by atoms with E-state index >= 15 is 0 Å². The maximum absolute atomic E-state index is 5.46. The van der Waals surface area contributed by atoms with Crippen LogP contribution in [0.15, 0.2) is 42.6 Å². The van der Waals surface area contributed by atoms with Crippen LogP contribution in [0.3, 0.4) is 0 Å². The fourth-order valence-corrected chi connectivity index (χ4v) is 4.68. The van der Waals surface area contributed by atoms with Crippen LogP contribution in [-0.4, -0.2) is 25.2 Å². The number of fused-ring (bicyclic) bond motifs is 1. The first-order valence-corrected chi connectivity index (χ1v) is 11.4. The Balaban J connectivity index is 1.42. The van der Waals surface area contributed by atoms with Crippen molar-refractivity contribution in [2.24, 2.45) is 0 Å². The Hall–Kier alpha value is -1.87. The highest BCUT2D eigenvalue weighted by Crippen LogP contribution is 2.39. The van der Waals surface area contributed by atoms with Crippen molar-refractivity contribution >= 4 is 0 Å². The van der Waals surface area contributed by atoms with Crippen molar-refractivity contribution < 1.29 is 4.74 Å². The molecule has 1 aromatic heterocycles. The fourth-order valence-electron chi connectivity index (χ4n) is 4.68. The zero-order valence-corrected chi connectivity index (χ0v) is 18.0. The van der Waals surface area contributed by atoms with Gasteiger partial charge in [0.15, 0.2) is 0 Å². The number of benzene rings is 1. The number of nitrogens with one attached hydrogen (secondary N) is 1. The van der Waals surface area contributed by atoms with Crippen molar-refractivity contribution in [3.05, 3.63) is 66.3 Å². The summed E-state index contributed by atoms with van der Waals surface area (Å²) in [6.45, 7) is 5.95. The average Bonchev–Trinajstić information content (AvgIpc) is 2.77. The molecule has 3 heteroatoms. The van der Waals surface area contributed by atoms with Gasteiger partial charge in [0.2, 0.25) is 0 Å². The van der Waals surface area contributed by atoms with Crippen LogP contribution in [0.25, 0.3) is 0 Å². The summed E-state index contributed by atoms with van der Waals surface area (Å²) < 4.78 is 5.46. The molecule has 3 nitrogen and oxygen atoms in total. The van der Waals surface area contributed by atoms with Gasteiger partial charge in [-0.2, -0.15) is 0 Å². The minimum absolute atomic E-state index is 0.565. The predicted molar refractivity (Wildman–Crippen MR) is 122 cm³/mol. The molecule has 1 aliphatic rings. The molecule has 1 aromatic carbocycles. The van der Waals surface area contributed by atoms with Gasteiger partial charge in [-0.15, -0.1) is 0 Å². The highest BCUT2D eigenvalue weighted by atomic mass is 16.5. The Morgan fingerprint density at radius 2 is 1.86 bits per heavy atom. The van der Waals surface area contributed by atoms with Gasteiger partial charge in [-0.1, -0.05) is 50.5 Å². The lowest BCUT2D eigenvalue weighted by molar-refractivity contribution is 0.408. The molecule has 0 saturated heterocycles. The first-order chi connectivity index (χ1) is 14.3. The van der Waals surface area contributed by atoms with E-state index in [4.69, 9.17) is 9.72 Å². The van der Waals surface area contributed by atoms with Crippen LogP contribution in [0.2, 0.25) is 0 Å². The Morgan fingerprint density at radius 1 is 1.03 bits per heavy atom. The van der Waals surface area contributed by atoms with Crippen molar-refractivity contribution in [2.45, 2.75) is 69.6 Å². The number of aryl methyl sites for hydroxylation is 1. The normalized spacial score (nSPS) is 18.4. The van der Waals surface area contributed by atoms with Gasteiger partial charge >= 0.3 is 0 Å². The second kappa shape index (κ2) is 12.0. The molecule has 1 radical (unpaired) electrons. The summed E-state index contributed by atoms with van der Waals surface area (Å²) in [5.74, 6) is 2.28. The number of rotatable bonds is 12. The predicted octanol–water partition coefficient (Wildman–Crippen LogP) is 6.06. The highest BCUT2D eigenvalue weighted by Gasteiger charge is 2.27. The third kappa shape index (κ3) is 6.30. The Bertz CT molecular complexity index is 730. The third-order valence-electron chi connectivity index (χ3n) is 6.25. The van der Waals surface area contributed by atoms with E-state index in [1.54, 1.807) is 7.11 Å². The summed E-state index contributed by atoms with van der Waals surface area (Å²) in [6.07, 6.45) is 13.0. The summed E-state index contributed by atoms with van der Waals surface area (Å²) in [7, 11) is 1.76. The number of aromatic nitrogens is 1. The molecule has 0 bridgehead atoms. The number of nitrogens with zero attached hydrogens (tertiary/aromatic N) is 1. The van der Waals surface area contributed by atoms with Gasteiger partial charge in [0, 0.05) is 24.4 Å². The number of para-hydroxylation sites is 1. The minimum Gasteiger partial charge on any atom is -0.496 e. The number of hydrogen-bond donors (Lipinski definition) is 1. The van der Waals surface area contributed by atoms with Crippen molar-refractivity contribution in [1.82, 2.24) is 10.3 Å². The fraction of sp³-hybridized carbons (Fsp3) is 0.538. The standard InChI is InChI=1S/C26H37N2O/c1-3-18-27-20-23-17-16-21(24-14-10-19-28-26(23)24)11-6-4-5-7-12-22-13-8-9-15-25(22)29-2/h8-10,13-15,19,21,23,27H,1,3-7,11-12,16-18,20H2,2H3/t21-,23?/m0/s1. The van der Waals surface area contributed by atoms with Crippen molar-refractivity contribution in [3.63, 3.8) is 0 Å². The van der Waals surface area contributed by atoms with Gasteiger partial charge in [-0.25, -0.2) is 0 Å². The van der Waals surface area contributed by atoms with Gasteiger partial charge in [0.25, 0.3) is 0 Å². The van der Waals surface area contributed by atoms with E-state index < -0.39 is 0 Å². The first kappa shape index (κ1) is 21.8. The quantitative estimate of drug-likeness (QED) is 0.445. The van der Waals surface area contributed by atoms with E-state index in [0.29, 0.717) is 11.8 Å². The largest absolute Gasteiger partial charge is 0.496 e. The van der Waals surface area contributed by atoms with E-state index in [2.05, 4.69) is 42.6 Å². The molecule has 29 heavy (non-hydrogen) atoms. The molecule has 1 heterocycles. The van der Waals surface area contributed by atoms with Crippen LogP contribution in [0.5, 0.6) is 5.75 Å². The maximum atomic E-state index is 5.46. The van der Waals surface area contributed by atoms with Crippen molar-refractivity contribution in [3.8, 4) is 5.75 Å². The SMILES string of the molecule is [CH2]CCNCC1CC[C@H](CCCCCCc2ccccc2OC)c2cccnc21. The van der Waals surface area contributed by atoms with Crippen LogP contribution in [0, 0.1) is 6.92 Å². The van der Waals surface area contributed by atoms with Gasteiger partial charge in [0.05, 0.1) is 7.11 Å². The first-order valence-electron chi connectivity index (χ1n) is 11.4. The number of pyridine rings is 1. The highest BCUT2D eigenvalue weighted by molar-refractivity contribution is 5.33. The van der Waals surface area contributed by atoms with Gasteiger partial charge in [-0.05, 0) is 74.2 Å². The van der Waals surface area contributed by atoms with E-state index in [-0.39, 0.29) is 0 Å². The molecular weight excluding hydrogens is 356 g/mol. The lowest BCUT2D eigenvalue weighted by Crippen LogP contribution is -2.27. The molecule has 1 N–H and O–H groups in total. The molecule has 0 spiro atoms. The van der Waals surface area contributed by atoms with Crippen LogP contribution in [0.4, 0.5) is 0 Å². The molecule has 3 rings (SSSR count). The molecule has 0 aliphatic heterocycles. The van der Waals surface area contributed by atoms with Crippen LogP contribution in [0.1, 0.15) is 80.0 Å². The maximum Gasteiger partial charge on any atom is 0.122 e. The minimum atomic E-state index is 0.565. The van der Waals surface area contributed by atoms with E-state index in [9.17, 15) is 0 Å². The van der Waals surface area contributed by atoms with Crippen LogP contribution >= 0.6 is 0 Å². The number of unbranched alkanes of at least 4 members (excludes halogenated alkanes) is 3. The Morgan fingerprint density at radius 3 is 2.72 bits per heavy atom. The Labute approximate surface area is 177 Å². The number of ether oxygens (including phenoxy) is 1. The van der Waals surface area contributed by atoms with Crippen molar-refractivity contribution in [2.75, 3.05) is 20.2 Å². The van der Waals surface area contributed by atoms with E-state index in [1.807, 2.05) is 12.3 Å². The van der Waals surface area contributed by atoms with E-state index in [0.717, 1.165) is 31.7 Å². The summed E-state index contributed by atoms with van der Waals surface area (Å²) in [4.78, 5) is 4.77. The van der Waals surface area contributed by atoms with Crippen LogP contribution < -0.4 is 10.1 Å². The smallest absolute Gasteiger partial charge is 0.122 e. The lowest BCUT2D eigenvalue weighted by atomic mass is 9.77. The zero-order chi connectivity index (χ0) is 20.3. The number of methoxy groups -OCH3 is 1.